The Labute approximate surface area is 117 Å². The molecule has 6 heteroatoms. The summed E-state index contributed by atoms with van der Waals surface area (Å²) in [5, 5.41) is 0. The summed E-state index contributed by atoms with van der Waals surface area (Å²) < 4.78 is 7.51. The highest BCUT2D eigenvalue weighted by Gasteiger charge is 2.25. The maximum atomic E-state index is 6.07. The molecule has 20 heavy (non-hydrogen) atoms. The second-order valence-electron chi connectivity index (χ2n) is 5.54. The molecule has 0 amide bonds. The summed E-state index contributed by atoms with van der Waals surface area (Å²) in [6.45, 7) is 3.32. The molecule has 6 nitrogen and oxygen atoms in total. The third-order valence-electron chi connectivity index (χ3n) is 4.32. The van der Waals surface area contributed by atoms with Crippen molar-refractivity contribution in [3.63, 3.8) is 0 Å². The van der Waals surface area contributed by atoms with Crippen molar-refractivity contribution < 1.29 is 4.74 Å². The molecule has 2 N–H and O–H groups in total. The Bertz CT molecular complexity index is 628. The Morgan fingerprint density at radius 1 is 1.15 bits per heavy atom. The molecular formula is C14H19N5O. The van der Waals surface area contributed by atoms with Gasteiger partial charge in [0.05, 0.1) is 13.2 Å². The van der Waals surface area contributed by atoms with Crippen molar-refractivity contribution in [1.29, 1.82) is 0 Å². The van der Waals surface area contributed by atoms with E-state index < -0.39 is 0 Å². The lowest BCUT2D eigenvalue weighted by Gasteiger charge is -2.29. The van der Waals surface area contributed by atoms with E-state index in [1.807, 2.05) is 12.1 Å². The standard InChI is InChI=1S/C14H19N5O/c15-14-16-11-4-5-12(18-6-8-20-9-7-18)17-13(11)19(14)10-2-1-3-10/h4-5,10H,1-3,6-9H2,(H2,15,16). The first-order valence-electron chi connectivity index (χ1n) is 7.30. The minimum atomic E-state index is 0.479. The highest BCUT2D eigenvalue weighted by molar-refractivity contribution is 5.76. The molecule has 0 spiro atoms. The van der Waals surface area contributed by atoms with Gasteiger partial charge in [0.15, 0.2) is 5.65 Å². The van der Waals surface area contributed by atoms with Crippen molar-refractivity contribution >= 4 is 22.9 Å². The molecule has 1 saturated carbocycles. The summed E-state index contributed by atoms with van der Waals surface area (Å²) in [6, 6.07) is 4.54. The molecule has 1 aliphatic carbocycles. The third-order valence-corrected chi connectivity index (χ3v) is 4.32. The van der Waals surface area contributed by atoms with Crippen LogP contribution < -0.4 is 10.6 Å². The van der Waals surface area contributed by atoms with Crippen LogP contribution in [0.5, 0.6) is 0 Å². The number of ether oxygens (including phenoxy) is 1. The van der Waals surface area contributed by atoms with Crippen LogP contribution in [0.4, 0.5) is 11.8 Å². The van der Waals surface area contributed by atoms with Crippen LogP contribution in [-0.4, -0.2) is 40.8 Å². The van der Waals surface area contributed by atoms with Crippen LogP contribution in [0.3, 0.4) is 0 Å². The average molecular weight is 273 g/mol. The number of hydrogen-bond acceptors (Lipinski definition) is 5. The second-order valence-corrected chi connectivity index (χ2v) is 5.54. The van der Waals surface area contributed by atoms with E-state index >= 15 is 0 Å². The fourth-order valence-corrected chi connectivity index (χ4v) is 2.95. The first-order chi connectivity index (χ1) is 9.83. The highest BCUT2D eigenvalue weighted by atomic mass is 16.5. The number of imidazole rings is 1. The number of rotatable bonds is 2. The minimum absolute atomic E-state index is 0.479. The van der Waals surface area contributed by atoms with Gasteiger partial charge in [0.25, 0.3) is 0 Å². The number of pyridine rings is 1. The number of fused-ring (bicyclic) bond motifs is 1. The molecule has 106 valence electrons. The van der Waals surface area contributed by atoms with E-state index in [1.165, 1.54) is 19.3 Å². The van der Waals surface area contributed by atoms with Gasteiger partial charge in [0.1, 0.15) is 11.3 Å². The van der Waals surface area contributed by atoms with Crippen molar-refractivity contribution in [3.05, 3.63) is 12.1 Å². The first kappa shape index (κ1) is 12.0. The zero-order chi connectivity index (χ0) is 13.5. The van der Waals surface area contributed by atoms with Crippen LogP contribution >= 0.6 is 0 Å². The SMILES string of the molecule is Nc1nc2ccc(N3CCOCC3)nc2n1C1CCC1. The summed E-state index contributed by atoms with van der Waals surface area (Å²) in [5.74, 6) is 1.60. The predicted octanol–water partition coefficient (Wildman–Crippen LogP) is 1.58. The van der Waals surface area contributed by atoms with Crippen LogP contribution in [-0.2, 0) is 4.74 Å². The monoisotopic (exact) mass is 273 g/mol. The molecule has 0 atom stereocenters. The van der Waals surface area contributed by atoms with E-state index in [0.29, 0.717) is 12.0 Å². The van der Waals surface area contributed by atoms with Gasteiger partial charge < -0.3 is 15.4 Å². The maximum absolute atomic E-state index is 6.07. The van der Waals surface area contributed by atoms with Crippen LogP contribution in [0.15, 0.2) is 12.1 Å². The smallest absolute Gasteiger partial charge is 0.202 e. The Balaban J connectivity index is 1.76. The van der Waals surface area contributed by atoms with E-state index in [4.69, 9.17) is 15.5 Å². The van der Waals surface area contributed by atoms with Crippen molar-refractivity contribution in [2.24, 2.45) is 0 Å². The van der Waals surface area contributed by atoms with Crippen LogP contribution in [0.2, 0.25) is 0 Å². The molecule has 0 unspecified atom stereocenters. The molecule has 3 heterocycles. The van der Waals surface area contributed by atoms with E-state index in [-0.39, 0.29) is 0 Å². The minimum Gasteiger partial charge on any atom is -0.378 e. The van der Waals surface area contributed by atoms with E-state index in [1.54, 1.807) is 0 Å². The average Bonchev–Trinajstić information content (AvgIpc) is 2.74. The summed E-state index contributed by atoms with van der Waals surface area (Å²) in [7, 11) is 0. The topological polar surface area (TPSA) is 69.2 Å². The van der Waals surface area contributed by atoms with Crippen molar-refractivity contribution in [3.8, 4) is 0 Å². The first-order valence-corrected chi connectivity index (χ1v) is 7.30. The molecule has 2 fully saturated rings. The lowest BCUT2D eigenvalue weighted by molar-refractivity contribution is 0.122. The zero-order valence-corrected chi connectivity index (χ0v) is 11.5. The summed E-state index contributed by atoms with van der Waals surface area (Å²) >= 11 is 0. The molecule has 0 bridgehead atoms. The summed E-state index contributed by atoms with van der Waals surface area (Å²) in [6.07, 6.45) is 3.63. The van der Waals surface area contributed by atoms with Crippen LogP contribution in [0.1, 0.15) is 25.3 Å². The molecule has 1 saturated heterocycles. The van der Waals surface area contributed by atoms with Crippen molar-refractivity contribution in [1.82, 2.24) is 14.5 Å². The van der Waals surface area contributed by atoms with Gasteiger partial charge in [-0.15, -0.1) is 0 Å². The number of morpholine rings is 1. The van der Waals surface area contributed by atoms with Gasteiger partial charge in [-0.2, -0.15) is 0 Å². The molecule has 1 aliphatic heterocycles. The number of anilines is 2. The quantitative estimate of drug-likeness (QED) is 0.899. The number of nitrogens with two attached hydrogens (primary N) is 1. The fourth-order valence-electron chi connectivity index (χ4n) is 2.95. The molecule has 4 rings (SSSR count). The number of aromatic nitrogens is 3. The zero-order valence-electron chi connectivity index (χ0n) is 11.5. The van der Waals surface area contributed by atoms with Gasteiger partial charge in [-0.05, 0) is 31.4 Å². The molecular weight excluding hydrogens is 254 g/mol. The van der Waals surface area contributed by atoms with E-state index in [0.717, 1.165) is 43.3 Å². The molecule has 2 aromatic heterocycles. The van der Waals surface area contributed by atoms with Gasteiger partial charge >= 0.3 is 0 Å². The van der Waals surface area contributed by atoms with Gasteiger partial charge in [0, 0.05) is 19.1 Å². The largest absolute Gasteiger partial charge is 0.378 e. The lowest BCUT2D eigenvalue weighted by atomic mass is 9.93. The molecule has 2 aliphatic rings. The van der Waals surface area contributed by atoms with Crippen molar-refractivity contribution in [2.75, 3.05) is 36.9 Å². The predicted molar refractivity (Wildman–Crippen MR) is 77.9 cm³/mol. The Kier molecular flexibility index (Phi) is 2.77. The fraction of sp³-hybridized carbons (Fsp3) is 0.571. The summed E-state index contributed by atoms with van der Waals surface area (Å²) in [5.41, 5.74) is 7.89. The van der Waals surface area contributed by atoms with Crippen LogP contribution in [0, 0.1) is 0 Å². The Hall–Kier alpha value is -1.82. The highest BCUT2D eigenvalue weighted by Crippen LogP contribution is 2.36. The van der Waals surface area contributed by atoms with Gasteiger partial charge in [0.2, 0.25) is 5.95 Å². The normalized spacial score (nSPS) is 20.3. The summed E-state index contributed by atoms with van der Waals surface area (Å²) in [4.78, 5) is 11.5. The van der Waals surface area contributed by atoms with Crippen molar-refractivity contribution in [2.45, 2.75) is 25.3 Å². The van der Waals surface area contributed by atoms with Crippen LogP contribution in [0.25, 0.3) is 11.2 Å². The number of nitrogen functional groups attached to an aromatic ring is 1. The maximum Gasteiger partial charge on any atom is 0.202 e. The van der Waals surface area contributed by atoms with Gasteiger partial charge in [-0.1, -0.05) is 0 Å². The molecule has 2 aromatic rings. The Morgan fingerprint density at radius 2 is 1.95 bits per heavy atom. The molecule has 0 radical (unpaired) electrons. The lowest BCUT2D eigenvalue weighted by Crippen LogP contribution is -2.36. The third kappa shape index (κ3) is 1.83. The number of hydrogen-bond donors (Lipinski definition) is 1. The van der Waals surface area contributed by atoms with E-state index in [9.17, 15) is 0 Å². The van der Waals surface area contributed by atoms with Gasteiger partial charge in [-0.25, -0.2) is 9.97 Å². The molecule has 0 aromatic carbocycles. The Morgan fingerprint density at radius 3 is 2.65 bits per heavy atom. The second kappa shape index (κ2) is 4.63. The number of nitrogens with zero attached hydrogens (tertiary/aromatic N) is 4. The van der Waals surface area contributed by atoms with Gasteiger partial charge in [-0.3, -0.25) is 4.57 Å². The van der Waals surface area contributed by atoms with E-state index in [2.05, 4.69) is 14.5 Å².